The van der Waals surface area contributed by atoms with E-state index in [4.69, 9.17) is 0 Å². The number of rotatable bonds is 2. The van der Waals surface area contributed by atoms with Crippen LogP contribution in [0.5, 0.6) is 0 Å². The second-order valence-electron chi connectivity index (χ2n) is 7.00. The van der Waals surface area contributed by atoms with Gasteiger partial charge in [0.25, 0.3) is 11.1 Å². The van der Waals surface area contributed by atoms with Crippen LogP contribution in [0, 0.1) is 0 Å². The van der Waals surface area contributed by atoms with Crippen LogP contribution in [-0.2, 0) is 38.8 Å². The van der Waals surface area contributed by atoms with E-state index in [0.717, 1.165) is 86.0 Å². The van der Waals surface area contributed by atoms with Crippen molar-refractivity contribution in [1.29, 1.82) is 0 Å². The third-order valence-electron chi connectivity index (χ3n) is 4.98. The summed E-state index contributed by atoms with van der Waals surface area (Å²) in [5.74, 6) is 1.58. The molecule has 2 aromatic rings. The SMILES string of the molecule is C.C.CCc1nc2c(c(=O)[nH]1)CCN(C)C2.CCc1nc2c(c(=O)[nH]1)CCNC2. The molecule has 0 saturated heterocycles. The molecule has 3 N–H and O–H groups in total. The normalized spacial score (nSPS) is 15.0. The van der Waals surface area contributed by atoms with Crippen molar-refractivity contribution >= 4 is 0 Å². The molecule has 8 nitrogen and oxygen atoms in total. The first-order valence-corrected chi connectivity index (χ1v) is 9.62. The van der Waals surface area contributed by atoms with Gasteiger partial charge in [-0.3, -0.25) is 9.59 Å². The van der Waals surface area contributed by atoms with Crippen LogP contribution in [0.2, 0.25) is 0 Å². The van der Waals surface area contributed by atoms with Crippen molar-refractivity contribution in [2.24, 2.45) is 0 Å². The standard InChI is InChI=1S/C10H15N3O.C9H13N3O.2CH4/c1-3-9-11-8-6-13(2)5-4-7(8)10(14)12-9;1-2-8-11-7-5-10-4-3-6(7)9(13)12-8;;/h3-6H2,1-2H3,(H,11,12,14);10H,2-5H2,1H3,(H,11,12,13);2*1H4. The van der Waals surface area contributed by atoms with Crippen molar-refractivity contribution < 1.29 is 0 Å². The van der Waals surface area contributed by atoms with Gasteiger partial charge in [-0.25, -0.2) is 9.97 Å². The van der Waals surface area contributed by atoms with Crippen LogP contribution in [0.25, 0.3) is 0 Å². The minimum atomic E-state index is 0. The minimum Gasteiger partial charge on any atom is -0.311 e. The van der Waals surface area contributed by atoms with Gasteiger partial charge in [0.2, 0.25) is 0 Å². The van der Waals surface area contributed by atoms with Gasteiger partial charge in [0.15, 0.2) is 0 Å². The fourth-order valence-corrected chi connectivity index (χ4v) is 3.38. The number of nitrogens with zero attached hydrogens (tertiary/aromatic N) is 3. The molecule has 0 amide bonds. The van der Waals surface area contributed by atoms with Gasteiger partial charge >= 0.3 is 0 Å². The number of hydrogen-bond donors (Lipinski definition) is 3. The number of aryl methyl sites for hydroxylation is 2. The average molecular weight is 405 g/mol. The van der Waals surface area contributed by atoms with Crippen molar-refractivity contribution in [2.45, 2.75) is 67.5 Å². The first-order valence-electron chi connectivity index (χ1n) is 9.62. The van der Waals surface area contributed by atoms with Gasteiger partial charge in [-0.1, -0.05) is 28.7 Å². The van der Waals surface area contributed by atoms with Gasteiger partial charge in [0.05, 0.1) is 11.4 Å². The Balaban J connectivity index is 0.000000272. The molecule has 162 valence electrons. The van der Waals surface area contributed by atoms with Gasteiger partial charge in [0, 0.05) is 43.6 Å². The molecule has 0 aliphatic carbocycles. The maximum Gasteiger partial charge on any atom is 0.254 e. The Bertz CT molecular complexity index is 918. The van der Waals surface area contributed by atoms with Crippen molar-refractivity contribution in [3.63, 3.8) is 0 Å². The molecule has 0 bridgehead atoms. The molecule has 4 rings (SSSR count). The zero-order valence-electron chi connectivity index (χ0n) is 16.3. The van der Waals surface area contributed by atoms with E-state index in [1.54, 1.807) is 0 Å². The highest BCUT2D eigenvalue weighted by Gasteiger charge is 2.18. The van der Waals surface area contributed by atoms with Crippen LogP contribution in [-0.4, -0.2) is 45.0 Å². The maximum absolute atomic E-state index is 11.6. The zero-order valence-corrected chi connectivity index (χ0v) is 16.3. The number of fused-ring (bicyclic) bond motifs is 2. The van der Waals surface area contributed by atoms with E-state index in [2.05, 4.69) is 37.2 Å². The van der Waals surface area contributed by atoms with E-state index >= 15 is 0 Å². The van der Waals surface area contributed by atoms with Crippen LogP contribution in [0.4, 0.5) is 0 Å². The monoisotopic (exact) mass is 404 g/mol. The quantitative estimate of drug-likeness (QED) is 0.701. The molecule has 0 fully saturated rings. The zero-order chi connectivity index (χ0) is 19.4. The Labute approximate surface area is 173 Å². The summed E-state index contributed by atoms with van der Waals surface area (Å²) < 4.78 is 0. The van der Waals surface area contributed by atoms with E-state index in [9.17, 15) is 9.59 Å². The summed E-state index contributed by atoms with van der Waals surface area (Å²) >= 11 is 0. The summed E-state index contributed by atoms with van der Waals surface area (Å²) in [5, 5.41) is 3.20. The van der Waals surface area contributed by atoms with Crippen molar-refractivity contribution in [2.75, 3.05) is 20.1 Å². The molecule has 29 heavy (non-hydrogen) atoms. The molecule has 0 aromatic carbocycles. The van der Waals surface area contributed by atoms with Gasteiger partial charge < -0.3 is 20.2 Å². The molecule has 0 spiro atoms. The molecule has 0 atom stereocenters. The molecule has 0 unspecified atom stereocenters. The maximum atomic E-state index is 11.6. The highest BCUT2D eigenvalue weighted by atomic mass is 16.1. The van der Waals surface area contributed by atoms with Gasteiger partial charge in [0.1, 0.15) is 11.6 Å². The van der Waals surface area contributed by atoms with Crippen molar-refractivity contribution in [3.05, 3.63) is 54.9 Å². The van der Waals surface area contributed by atoms with E-state index in [-0.39, 0.29) is 26.0 Å². The Morgan fingerprint density at radius 3 is 2.03 bits per heavy atom. The summed E-state index contributed by atoms with van der Waals surface area (Å²) in [6.45, 7) is 7.34. The molecule has 4 heterocycles. The van der Waals surface area contributed by atoms with Crippen LogP contribution in [0.15, 0.2) is 9.59 Å². The fraction of sp³-hybridized carbons (Fsp3) is 0.619. The van der Waals surface area contributed by atoms with Gasteiger partial charge in [-0.2, -0.15) is 0 Å². The highest BCUT2D eigenvalue weighted by molar-refractivity contribution is 5.21. The molecule has 0 saturated carbocycles. The molecular formula is C21H36N6O2. The molecule has 2 aromatic heterocycles. The van der Waals surface area contributed by atoms with E-state index in [0.29, 0.717) is 0 Å². The molecular weight excluding hydrogens is 368 g/mol. The first-order chi connectivity index (χ1) is 13.0. The first kappa shape index (κ1) is 24.7. The summed E-state index contributed by atoms with van der Waals surface area (Å²) in [7, 11) is 2.05. The minimum absolute atomic E-state index is 0. The smallest absolute Gasteiger partial charge is 0.254 e. The number of aromatic nitrogens is 4. The molecule has 2 aliphatic rings. The molecule has 2 aliphatic heterocycles. The van der Waals surface area contributed by atoms with Crippen molar-refractivity contribution in [1.82, 2.24) is 30.2 Å². The summed E-state index contributed by atoms with van der Waals surface area (Å²) in [5.41, 5.74) is 3.71. The fourth-order valence-electron chi connectivity index (χ4n) is 3.38. The Kier molecular flexibility index (Phi) is 9.39. The lowest BCUT2D eigenvalue weighted by atomic mass is 10.1. The van der Waals surface area contributed by atoms with Crippen LogP contribution < -0.4 is 16.4 Å². The predicted octanol–water partition coefficient (Wildman–Crippen LogP) is 1.57. The van der Waals surface area contributed by atoms with Crippen LogP contribution in [0.1, 0.15) is 62.9 Å². The van der Waals surface area contributed by atoms with Crippen LogP contribution in [0.3, 0.4) is 0 Å². The second kappa shape index (κ2) is 11.0. The largest absolute Gasteiger partial charge is 0.311 e. The number of hydrogen-bond acceptors (Lipinski definition) is 6. The van der Waals surface area contributed by atoms with E-state index in [1.807, 2.05) is 13.8 Å². The summed E-state index contributed by atoms with van der Waals surface area (Å²) in [4.78, 5) is 39.8. The third-order valence-corrected chi connectivity index (χ3v) is 4.98. The molecule has 8 heteroatoms. The molecule has 0 radical (unpaired) electrons. The summed E-state index contributed by atoms with van der Waals surface area (Å²) in [6, 6.07) is 0. The number of H-pyrrole nitrogens is 2. The highest BCUT2D eigenvalue weighted by Crippen LogP contribution is 2.11. The predicted molar refractivity (Wildman–Crippen MR) is 117 cm³/mol. The van der Waals surface area contributed by atoms with Gasteiger partial charge in [-0.05, 0) is 26.4 Å². The number of likely N-dealkylation sites (N-methyl/N-ethyl adjacent to an activating group) is 1. The number of aromatic amines is 2. The van der Waals surface area contributed by atoms with Crippen molar-refractivity contribution in [3.8, 4) is 0 Å². The van der Waals surface area contributed by atoms with E-state index < -0.39 is 0 Å². The lowest BCUT2D eigenvalue weighted by molar-refractivity contribution is 0.305. The third kappa shape index (κ3) is 5.83. The lowest BCUT2D eigenvalue weighted by Gasteiger charge is -2.23. The Hall–Kier alpha value is -2.32. The Morgan fingerprint density at radius 2 is 1.45 bits per heavy atom. The van der Waals surface area contributed by atoms with Crippen LogP contribution >= 0.6 is 0 Å². The van der Waals surface area contributed by atoms with Gasteiger partial charge in [-0.15, -0.1) is 0 Å². The lowest BCUT2D eigenvalue weighted by Crippen LogP contribution is -2.33. The Morgan fingerprint density at radius 1 is 0.897 bits per heavy atom. The second-order valence-corrected chi connectivity index (χ2v) is 7.00. The van der Waals surface area contributed by atoms with E-state index in [1.165, 1.54) is 0 Å². The number of nitrogens with one attached hydrogen (secondary N) is 3. The summed E-state index contributed by atoms with van der Waals surface area (Å²) in [6.07, 6.45) is 3.18. The topological polar surface area (TPSA) is 107 Å². The average Bonchev–Trinajstić information content (AvgIpc) is 2.68.